The average Bonchev–Trinajstić information content (AvgIpc) is 1.50. The van der Waals surface area contributed by atoms with Gasteiger partial charge in [-0.3, -0.25) is 10.1 Å². The fourth-order valence-electron chi connectivity index (χ4n) is 18.0. The Morgan fingerprint density at radius 1 is 0.545 bits per heavy atom. The molecule has 4 saturated carbocycles. The smallest absolute Gasteiger partial charge is 0.303 e. The lowest BCUT2D eigenvalue weighted by molar-refractivity contribution is -0.404. The molecule has 7 aliphatic heterocycles. The summed E-state index contributed by atoms with van der Waals surface area (Å²) in [5.74, 6) is 0.879. The molecule has 11 fully saturated rings. The highest BCUT2D eigenvalue weighted by Gasteiger charge is 2.71. The lowest BCUT2D eigenvalue weighted by Crippen LogP contribution is -2.68. The van der Waals surface area contributed by atoms with Crippen LogP contribution in [0.2, 0.25) is 0 Å². The van der Waals surface area contributed by atoms with Crippen LogP contribution in [0, 0.1) is 52.3 Å². The van der Waals surface area contributed by atoms with Crippen molar-refractivity contribution in [2.45, 2.75) is 257 Å². The van der Waals surface area contributed by atoms with Crippen molar-refractivity contribution in [2.75, 3.05) is 46.2 Å². The van der Waals surface area contributed by atoms with E-state index in [1.807, 2.05) is 0 Å². The van der Waals surface area contributed by atoms with Crippen molar-refractivity contribution >= 4 is 5.97 Å². The van der Waals surface area contributed by atoms with Crippen LogP contribution in [0.3, 0.4) is 0 Å². The van der Waals surface area contributed by atoms with Gasteiger partial charge in [0.2, 0.25) is 0 Å². The van der Waals surface area contributed by atoms with Crippen LogP contribution in [-0.2, 0) is 61.6 Å². The van der Waals surface area contributed by atoms with Crippen molar-refractivity contribution in [3.8, 4) is 0 Å². The summed E-state index contributed by atoms with van der Waals surface area (Å²) in [6.07, 6.45) is -34.8. The molecule has 11 rings (SSSR count). The van der Waals surface area contributed by atoms with Gasteiger partial charge in [0.1, 0.15) is 122 Å². The Morgan fingerprint density at radius 3 is 1.78 bits per heavy atom. The molecule has 0 amide bonds. The van der Waals surface area contributed by atoms with Crippen molar-refractivity contribution in [3.63, 3.8) is 0 Å². The van der Waals surface area contributed by atoms with E-state index >= 15 is 0 Å². The van der Waals surface area contributed by atoms with E-state index < -0.39 is 204 Å². The molecule has 0 aromatic heterocycles. The highest BCUT2D eigenvalue weighted by atomic mass is 16.8. The van der Waals surface area contributed by atoms with Crippen molar-refractivity contribution in [1.29, 1.82) is 0 Å². The van der Waals surface area contributed by atoms with Crippen molar-refractivity contribution < 1.29 is 143 Å². The number of carbonyl (C=O) groups is 1. The number of ether oxygens (including phenoxy) is 12. The van der Waals surface area contributed by atoms with Gasteiger partial charge < -0.3 is 139 Å². The van der Waals surface area contributed by atoms with E-state index in [0.29, 0.717) is 43.6 Å². The summed E-state index contributed by atoms with van der Waals surface area (Å²) in [4.78, 5) is 12.7. The standard InChI is InChI=1S/C58H95NO29/c1-21-36-30(88-58(21)35(79-22(2)64)11-23(14-59-58)19-77-51-45(74)41(70)38(67)31(15-60)81-51)13-28-26-6-5-24-12-25(7-9-56(24,3)27(26)8-10-57(28,36)4)80-53-47(76)43(72)48(34(18-63)84-53)85-55-50(87-54-46(75)42(71)39(68)32(16-61)82-54)49(40(69)33(17-62)83-55)86-52-44(73)37(66)29(65)20-78-52/h21,23-55,59-63,65-76H,5-20H2,1-4H3/t21-,23-,24-,25-,26+,27-,28-,29+,30-,31+,32+,33+,34+,35-,36-,37-,38+,39+,40+,41-,42-,43+,44+,45+,46+,47+,48-,49-,50+,51+,52-,53+,54-,55-,56-,57-,58-/m0/s1. The summed E-state index contributed by atoms with van der Waals surface area (Å²) in [5, 5.41) is 175. The molecule has 0 radical (unpaired) electrons. The van der Waals surface area contributed by atoms with Gasteiger partial charge in [-0.05, 0) is 104 Å². The lowest BCUT2D eigenvalue weighted by atomic mass is 9.44. The van der Waals surface area contributed by atoms with E-state index in [4.69, 9.17) is 56.8 Å². The third kappa shape index (κ3) is 12.1. The molecule has 7 heterocycles. The van der Waals surface area contributed by atoms with E-state index in [2.05, 4.69) is 26.1 Å². The predicted molar refractivity (Wildman–Crippen MR) is 289 cm³/mol. The van der Waals surface area contributed by atoms with Crippen LogP contribution in [0.4, 0.5) is 0 Å². The molecule has 30 nitrogen and oxygen atoms in total. The summed E-state index contributed by atoms with van der Waals surface area (Å²) in [5.41, 5.74) is -1.09. The molecule has 1 spiro atoms. The van der Waals surface area contributed by atoms with Crippen molar-refractivity contribution in [3.05, 3.63) is 0 Å². The average molecular weight is 1270 g/mol. The van der Waals surface area contributed by atoms with Crippen LogP contribution >= 0.6 is 0 Å². The molecule has 17 N–H and O–H groups in total. The Hall–Kier alpha value is -1.65. The number of esters is 1. The molecular formula is C58H95NO29. The zero-order valence-corrected chi connectivity index (χ0v) is 49.9. The summed E-state index contributed by atoms with van der Waals surface area (Å²) in [6, 6.07) is 0. The molecule has 0 aromatic carbocycles. The molecule has 11 aliphatic rings. The Balaban J connectivity index is 0.728. The molecule has 0 bridgehead atoms. The molecule has 0 aromatic rings. The molecule has 4 aliphatic carbocycles. The second-order valence-electron chi connectivity index (χ2n) is 27.5. The molecular weight excluding hydrogens is 1170 g/mol. The quantitative estimate of drug-likeness (QED) is 0.0505. The van der Waals surface area contributed by atoms with Gasteiger partial charge in [-0.1, -0.05) is 20.8 Å². The van der Waals surface area contributed by atoms with E-state index in [1.54, 1.807) is 0 Å². The summed E-state index contributed by atoms with van der Waals surface area (Å²) in [6.45, 7) is 5.16. The van der Waals surface area contributed by atoms with Crippen molar-refractivity contribution in [1.82, 2.24) is 5.32 Å². The zero-order chi connectivity index (χ0) is 63.2. The van der Waals surface area contributed by atoms with Crippen LogP contribution in [0.25, 0.3) is 0 Å². The minimum Gasteiger partial charge on any atom is -0.458 e. The number of fused-ring (bicyclic) bond motifs is 7. The number of nitrogens with one attached hydrogen (secondary N) is 1. The first-order valence-corrected chi connectivity index (χ1v) is 31.5. The fourth-order valence-corrected chi connectivity index (χ4v) is 18.0. The number of aliphatic hydroxyl groups excluding tert-OH is 16. The third-order valence-electron chi connectivity index (χ3n) is 22.7. The van der Waals surface area contributed by atoms with Gasteiger partial charge in [0.15, 0.2) is 37.2 Å². The number of hydrogen-bond donors (Lipinski definition) is 17. The first-order valence-electron chi connectivity index (χ1n) is 31.5. The minimum absolute atomic E-state index is 0.0503. The third-order valence-corrected chi connectivity index (χ3v) is 22.7. The summed E-state index contributed by atoms with van der Waals surface area (Å²) < 4.78 is 72.8. The summed E-state index contributed by atoms with van der Waals surface area (Å²) >= 11 is 0. The zero-order valence-electron chi connectivity index (χ0n) is 49.9. The van der Waals surface area contributed by atoms with Gasteiger partial charge in [-0.15, -0.1) is 0 Å². The molecule has 30 heteroatoms. The Kier molecular flexibility index (Phi) is 20.7. The number of hydrogen-bond acceptors (Lipinski definition) is 30. The topological polar surface area (TPSA) is 464 Å². The van der Waals surface area contributed by atoms with Gasteiger partial charge in [0, 0.05) is 19.4 Å². The fraction of sp³-hybridized carbons (Fsp3) is 0.983. The maximum atomic E-state index is 12.7. The first-order chi connectivity index (χ1) is 41.8. The van der Waals surface area contributed by atoms with Gasteiger partial charge in [0.25, 0.3) is 0 Å². The van der Waals surface area contributed by atoms with Crippen LogP contribution in [-0.4, -0.2) is 305 Å². The van der Waals surface area contributed by atoms with E-state index in [1.165, 1.54) is 6.92 Å². The van der Waals surface area contributed by atoms with Crippen LogP contribution in [0.5, 0.6) is 0 Å². The highest BCUT2D eigenvalue weighted by Crippen LogP contribution is 2.71. The van der Waals surface area contributed by atoms with Crippen molar-refractivity contribution in [2.24, 2.45) is 52.3 Å². The van der Waals surface area contributed by atoms with Crippen LogP contribution < -0.4 is 5.32 Å². The normalized spacial score (nSPS) is 55.5. The molecule has 506 valence electrons. The second kappa shape index (κ2) is 26.9. The number of piperidine rings is 1. The summed E-state index contributed by atoms with van der Waals surface area (Å²) in [7, 11) is 0. The molecule has 0 unspecified atom stereocenters. The minimum atomic E-state index is -2.03. The Morgan fingerprint density at radius 2 is 1.11 bits per heavy atom. The van der Waals surface area contributed by atoms with Gasteiger partial charge >= 0.3 is 5.97 Å². The number of rotatable bonds is 16. The second-order valence-corrected chi connectivity index (χ2v) is 27.5. The number of carbonyl (C=O) groups excluding carboxylic acids is 1. The van der Waals surface area contributed by atoms with Crippen LogP contribution in [0.1, 0.15) is 85.5 Å². The van der Waals surface area contributed by atoms with E-state index in [0.717, 1.165) is 38.5 Å². The first kappa shape index (κ1) is 67.8. The monoisotopic (exact) mass is 1270 g/mol. The Labute approximate surface area is 508 Å². The molecule has 37 atom stereocenters. The van der Waals surface area contributed by atoms with Gasteiger partial charge in [-0.2, -0.15) is 0 Å². The maximum Gasteiger partial charge on any atom is 0.303 e. The Bertz CT molecular complexity index is 2330. The van der Waals surface area contributed by atoms with E-state index in [-0.39, 0.29) is 47.2 Å². The SMILES string of the molecule is CC(=O)O[C@H]1C[C@H](CO[C@@H]2O[C@H](CO)[C@@H](O)[C@H](O)[C@H]2O)CN[C@@]12O[C@H]1C[C@H]3[C@@H]4CC[C@H]5C[C@@H](O[C@@H]6O[C@H](CO)[C@H](O[C@@H]7O[C@H](CO)[C@@H](O)[C@H](O[C@@H]8OC[C@@H](O)[C@H](O)[C@H]8O)[C@H]7O[C@@H]7O[C@H](CO)[C@@H](O)[C@H](O)[C@H]7O)[C@H](O)[C@H]6O)CC[C@]5(C)[C@H]4CC[C@]3(C)[C@H]1[C@@H]2C. The highest BCUT2D eigenvalue weighted by molar-refractivity contribution is 5.66. The lowest BCUT2D eigenvalue weighted by Gasteiger charge is -2.61. The number of aliphatic hydroxyl groups is 16. The molecule has 7 saturated heterocycles. The maximum absolute atomic E-state index is 12.7. The van der Waals surface area contributed by atoms with Gasteiger partial charge in [-0.25, -0.2) is 0 Å². The predicted octanol–water partition coefficient (Wildman–Crippen LogP) is -6.36. The van der Waals surface area contributed by atoms with Crippen LogP contribution in [0.15, 0.2) is 0 Å². The van der Waals surface area contributed by atoms with E-state index in [9.17, 15) is 86.5 Å². The molecule has 88 heavy (non-hydrogen) atoms. The van der Waals surface area contributed by atoms with Gasteiger partial charge in [0.05, 0.1) is 51.8 Å². The largest absolute Gasteiger partial charge is 0.458 e.